The van der Waals surface area contributed by atoms with Crippen molar-refractivity contribution in [3.8, 4) is 0 Å². The minimum Gasteiger partial charge on any atom is -0.465 e. The molecule has 8 heteroatoms. The Labute approximate surface area is 116 Å². The molecule has 106 valence electrons. The molecule has 0 heterocycles. The van der Waals surface area contributed by atoms with Gasteiger partial charge >= 0.3 is 5.97 Å². The molecule has 0 spiro atoms. The summed E-state index contributed by atoms with van der Waals surface area (Å²) in [7, 11) is -2.97. The number of rotatable bonds is 5. The lowest BCUT2D eigenvalue weighted by Crippen LogP contribution is -2.33. The van der Waals surface area contributed by atoms with Gasteiger partial charge in [0.25, 0.3) is 0 Å². The fourth-order valence-electron chi connectivity index (χ4n) is 1.32. The van der Waals surface area contributed by atoms with Crippen LogP contribution in [0.3, 0.4) is 0 Å². The van der Waals surface area contributed by atoms with Crippen molar-refractivity contribution >= 4 is 27.6 Å². The predicted molar refractivity (Wildman–Crippen MR) is 67.9 cm³/mol. The molecule has 19 heavy (non-hydrogen) atoms. The van der Waals surface area contributed by atoms with Gasteiger partial charge < -0.3 is 4.74 Å². The number of benzene rings is 1. The molecule has 5 nitrogen and oxygen atoms in total. The van der Waals surface area contributed by atoms with Crippen LogP contribution in [0.2, 0.25) is 5.02 Å². The third-order valence-corrected chi connectivity index (χ3v) is 4.37. The summed E-state index contributed by atoms with van der Waals surface area (Å²) in [5, 5.41) is -0.300. The Morgan fingerprint density at radius 1 is 1.47 bits per heavy atom. The Hall–Kier alpha value is -1.18. The van der Waals surface area contributed by atoms with Crippen LogP contribution in [0.15, 0.2) is 23.1 Å². The van der Waals surface area contributed by atoms with Crippen LogP contribution in [-0.4, -0.2) is 38.9 Å². The van der Waals surface area contributed by atoms with Crippen molar-refractivity contribution in [1.29, 1.82) is 0 Å². The third-order valence-electron chi connectivity index (χ3n) is 2.26. The van der Waals surface area contributed by atoms with Crippen LogP contribution in [-0.2, 0) is 19.6 Å². The van der Waals surface area contributed by atoms with Crippen LogP contribution >= 0.6 is 11.6 Å². The van der Waals surface area contributed by atoms with Gasteiger partial charge in [-0.15, -0.1) is 0 Å². The summed E-state index contributed by atoms with van der Waals surface area (Å²) in [5.74, 6) is -1.75. The number of likely N-dealkylation sites (N-methyl/N-ethyl adjacent to an activating group) is 1. The van der Waals surface area contributed by atoms with Gasteiger partial charge in [0.05, 0.1) is 11.6 Å². The fraction of sp³-hybridized carbons (Fsp3) is 0.364. The normalized spacial score (nSPS) is 11.6. The molecule has 0 aliphatic rings. The van der Waals surface area contributed by atoms with E-state index in [1.807, 2.05) is 0 Å². The first-order valence-corrected chi connectivity index (χ1v) is 7.18. The maximum atomic E-state index is 13.7. The van der Waals surface area contributed by atoms with Gasteiger partial charge in [0.2, 0.25) is 10.0 Å². The Kier molecular flexibility index (Phi) is 5.28. The third kappa shape index (κ3) is 3.65. The summed E-state index contributed by atoms with van der Waals surface area (Å²) < 4.78 is 43.2. The Bertz CT molecular complexity index is 576. The molecule has 0 saturated heterocycles. The second kappa shape index (κ2) is 6.31. The first kappa shape index (κ1) is 15.9. The van der Waals surface area contributed by atoms with Gasteiger partial charge in [0.15, 0.2) is 5.82 Å². The van der Waals surface area contributed by atoms with Crippen molar-refractivity contribution in [3.63, 3.8) is 0 Å². The number of ether oxygens (including phenoxy) is 1. The Morgan fingerprint density at radius 2 is 2.11 bits per heavy atom. The Morgan fingerprint density at radius 3 is 2.68 bits per heavy atom. The lowest BCUT2D eigenvalue weighted by molar-refractivity contribution is -0.143. The summed E-state index contributed by atoms with van der Waals surface area (Å²) in [6, 6.07) is 3.63. The largest absolute Gasteiger partial charge is 0.465 e. The maximum Gasteiger partial charge on any atom is 0.321 e. The second-order valence-electron chi connectivity index (χ2n) is 3.62. The molecule has 1 rings (SSSR count). The predicted octanol–water partition coefficient (Wildman–Crippen LogP) is 1.66. The van der Waals surface area contributed by atoms with Crippen LogP contribution in [0.25, 0.3) is 0 Å². The highest BCUT2D eigenvalue weighted by molar-refractivity contribution is 7.89. The number of hydrogen-bond donors (Lipinski definition) is 0. The topological polar surface area (TPSA) is 63.7 Å². The summed E-state index contributed by atoms with van der Waals surface area (Å²) in [4.78, 5) is 10.7. The van der Waals surface area contributed by atoms with E-state index in [1.54, 1.807) is 6.92 Å². The molecule has 0 unspecified atom stereocenters. The van der Waals surface area contributed by atoms with E-state index >= 15 is 0 Å². The van der Waals surface area contributed by atoms with E-state index in [2.05, 4.69) is 4.74 Å². The zero-order chi connectivity index (χ0) is 14.6. The molecule has 1 aromatic carbocycles. The molecular weight excluding hydrogens is 297 g/mol. The molecule has 0 aliphatic carbocycles. The molecule has 0 N–H and O–H groups in total. The van der Waals surface area contributed by atoms with Crippen molar-refractivity contribution in [1.82, 2.24) is 4.31 Å². The molecule has 0 bridgehead atoms. The second-order valence-corrected chi connectivity index (χ2v) is 6.04. The van der Waals surface area contributed by atoms with Crippen LogP contribution in [0.5, 0.6) is 0 Å². The van der Waals surface area contributed by atoms with E-state index < -0.39 is 33.3 Å². The Balaban J connectivity index is 3.04. The molecule has 0 amide bonds. The van der Waals surface area contributed by atoms with E-state index in [0.717, 1.165) is 13.1 Å². The molecule has 1 aromatic rings. The first-order chi connectivity index (χ1) is 8.80. The van der Waals surface area contributed by atoms with Crippen molar-refractivity contribution in [3.05, 3.63) is 29.0 Å². The van der Waals surface area contributed by atoms with E-state index in [9.17, 15) is 17.6 Å². The number of esters is 1. The number of sulfonamides is 1. The fourth-order valence-corrected chi connectivity index (χ4v) is 2.75. The van der Waals surface area contributed by atoms with E-state index in [-0.39, 0.29) is 11.6 Å². The SMILES string of the molecule is CCOC(=O)CN(C)S(=O)(=O)c1cccc(Cl)c1F. The smallest absolute Gasteiger partial charge is 0.321 e. The molecule has 0 aromatic heterocycles. The number of halogens is 2. The van der Waals surface area contributed by atoms with Gasteiger partial charge in [-0.05, 0) is 19.1 Å². The van der Waals surface area contributed by atoms with Gasteiger partial charge in [-0.2, -0.15) is 4.31 Å². The standard InChI is InChI=1S/C11H13ClFNO4S/c1-3-18-10(15)7-14(2)19(16,17)9-6-4-5-8(12)11(9)13/h4-6H,3,7H2,1-2H3. The zero-order valence-electron chi connectivity index (χ0n) is 10.4. The lowest BCUT2D eigenvalue weighted by Gasteiger charge is -2.16. The number of carbonyl (C=O) groups is 1. The molecule has 0 saturated carbocycles. The average molecular weight is 310 g/mol. The summed E-state index contributed by atoms with van der Waals surface area (Å²) in [5.41, 5.74) is 0. The number of carbonyl (C=O) groups excluding carboxylic acids is 1. The van der Waals surface area contributed by atoms with Crippen LogP contribution in [0, 0.1) is 5.82 Å². The van der Waals surface area contributed by atoms with Gasteiger partial charge in [0.1, 0.15) is 11.4 Å². The van der Waals surface area contributed by atoms with E-state index in [4.69, 9.17) is 11.6 Å². The monoisotopic (exact) mass is 309 g/mol. The highest BCUT2D eigenvalue weighted by Crippen LogP contribution is 2.24. The highest BCUT2D eigenvalue weighted by Gasteiger charge is 2.27. The van der Waals surface area contributed by atoms with Crippen LogP contribution in [0.1, 0.15) is 6.92 Å². The van der Waals surface area contributed by atoms with Crippen molar-refractivity contribution in [2.24, 2.45) is 0 Å². The van der Waals surface area contributed by atoms with Gasteiger partial charge in [-0.3, -0.25) is 4.79 Å². The molecule has 0 atom stereocenters. The highest BCUT2D eigenvalue weighted by atomic mass is 35.5. The molecule has 0 fully saturated rings. The average Bonchev–Trinajstić information content (AvgIpc) is 2.32. The molecule has 0 radical (unpaired) electrons. The number of hydrogen-bond acceptors (Lipinski definition) is 4. The van der Waals surface area contributed by atoms with Crippen molar-refractivity contribution in [2.75, 3.05) is 20.2 Å². The lowest BCUT2D eigenvalue weighted by atomic mass is 10.3. The van der Waals surface area contributed by atoms with Crippen molar-refractivity contribution < 1.29 is 22.3 Å². The zero-order valence-corrected chi connectivity index (χ0v) is 12.0. The molecule has 0 aliphatic heterocycles. The quantitative estimate of drug-likeness (QED) is 0.776. The van der Waals surface area contributed by atoms with Gasteiger partial charge in [-0.25, -0.2) is 12.8 Å². The van der Waals surface area contributed by atoms with Gasteiger partial charge in [-0.1, -0.05) is 17.7 Å². The molecular formula is C11H13ClFNO4S. The number of nitrogens with zero attached hydrogens (tertiary/aromatic N) is 1. The summed E-state index contributed by atoms with van der Waals surface area (Å²) in [6.07, 6.45) is 0. The van der Waals surface area contributed by atoms with Crippen LogP contribution in [0.4, 0.5) is 4.39 Å². The van der Waals surface area contributed by atoms with Crippen LogP contribution < -0.4 is 0 Å². The first-order valence-electron chi connectivity index (χ1n) is 5.36. The minimum atomic E-state index is -4.13. The van der Waals surface area contributed by atoms with Gasteiger partial charge in [0, 0.05) is 7.05 Å². The maximum absolute atomic E-state index is 13.7. The minimum absolute atomic E-state index is 0.137. The van der Waals surface area contributed by atoms with E-state index in [1.165, 1.54) is 12.1 Å². The summed E-state index contributed by atoms with van der Waals surface area (Å²) in [6.45, 7) is 1.24. The van der Waals surface area contributed by atoms with Crippen molar-refractivity contribution in [2.45, 2.75) is 11.8 Å². The van der Waals surface area contributed by atoms with E-state index in [0.29, 0.717) is 4.31 Å². The summed E-state index contributed by atoms with van der Waals surface area (Å²) >= 11 is 5.53.